The number of hydrogen-bond acceptors (Lipinski definition) is 4. The van der Waals surface area contributed by atoms with Gasteiger partial charge in [-0.1, -0.05) is 30.3 Å². The Hall–Kier alpha value is -1.92. The van der Waals surface area contributed by atoms with Gasteiger partial charge in [0.1, 0.15) is 5.01 Å². The summed E-state index contributed by atoms with van der Waals surface area (Å²) in [7, 11) is 1.76. The molecule has 0 atom stereocenters. The average Bonchev–Trinajstić information content (AvgIpc) is 2.89. The third-order valence-electron chi connectivity index (χ3n) is 3.35. The van der Waals surface area contributed by atoms with E-state index in [9.17, 15) is 0 Å². The van der Waals surface area contributed by atoms with E-state index in [1.54, 1.807) is 18.4 Å². The summed E-state index contributed by atoms with van der Waals surface area (Å²) in [6.07, 6.45) is 0. The highest BCUT2D eigenvalue weighted by atomic mass is 32.1. The number of ether oxygens (including phenoxy) is 1. The van der Waals surface area contributed by atoms with Gasteiger partial charge in [0.15, 0.2) is 5.96 Å². The first kappa shape index (κ1) is 17.4. The van der Waals surface area contributed by atoms with Crippen molar-refractivity contribution in [3.05, 3.63) is 51.5 Å². The molecule has 23 heavy (non-hydrogen) atoms. The van der Waals surface area contributed by atoms with Crippen molar-refractivity contribution >= 4 is 17.3 Å². The number of hydrogen-bond donors (Lipinski definition) is 2. The maximum absolute atomic E-state index is 5.64. The second-order valence-electron chi connectivity index (χ2n) is 5.14. The first-order valence-corrected chi connectivity index (χ1v) is 8.50. The van der Waals surface area contributed by atoms with Crippen molar-refractivity contribution in [2.24, 2.45) is 4.99 Å². The fourth-order valence-electron chi connectivity index (χ4n) is 2.00. The number of rotatable bonds is 7. The van der Waals surface area contributed by atoms with Crippen LogP contribution in [0, 0.1) is 13.8 Å². The van der Waals surface area contributed by atoms with Gasteiger partial charge < -0.3 is 15.4 Å². The third-order valence-corrected chi connectivity index (χ3v) is 4.43. The molecule has 0 aliphatic rings. The Kier molecular flexibility index (Phi) is 7.03. The zero-order valence-corrected chi connectivity index (χ0v) is 14.7. The van der Waals surface area contributed by atoms with Gasteiger partial charge in [-0.3, -0.25) is 4.99 Å². The monoisotopic (exact) mass is 332 g/mol. The summed E-state index contributed by atoms with van der Waals surface area (Å²) in [6.45, 7) is 6.78. The van der Waals surface area contributed by atoms with Crippen LogP contribution in [0.1, 0.15) is 21.1 Å². The lowest BCUT2D eigenvalue weighted by molar-refractivity contribution is 0.125. The highest BCUT2D eigenvalue weighted by molar-refractivity contribution is 7.11. The smallest absolute Gasteiger partial charge is 0.191 e. The van der Waals surface area contributed by atoms with E-state index in [1.165, 1.54) is 10.4 Å². The Balaban J connectivity index is 1.63. The number of benzene rings is 1. The highest BCUT2D eigenvalue weighted by Crippen LogP contribution is 2.15. The zero-order valence-electron chi connectivity index (χ0n) is 13.9. The van der Waals surface area contributed by atoms with Crippen molar-refractivity contribution in [1.29, 1.82) is 0 Å². The molecule has 0 fully saturated rings. The zero-order chi connectivity index (χ0) is 16.5. The molecule has 0 aliphatic carbocycles. The predicted octanol–water partition coefficient (Wildman–Crippen LogP) is 2.64. The van der Waals surface area contributed by atoms with Crippen LogP contribution in [0.4, 0.5) is 0 Å². The van der Waals surface area contributed by atoms with Crippen molar-refractivity contribution in [1.82, 2.24) is 15.6 Å². The Morgan fingerprint density at radius 3 is 2.65 bits per heavy atom. The molecule has 0 radical (unpaired) electrons. The molecule has 0 spiro atoms. The molecule has 5 nitrogen and oxygen atoms in total. The Morgan fingerprint density at radius 1 is 1.22 bits per heavy atom. The number of guanidine groups is 1. The minimum atomic E-state index is 0.630. The molecule has 0 aliphatic heterocycles. The molecule has 1 aromatic carbocycles. The number of nitrogens with zero attached hydrogens (tertiary/aromatic N) is 2. The fourth-order valence-corrected chi connectivity index (χ4v) is 2.87. The van der Waals surface area contributed by atoms with Crippen LogP contribution in [-0.2, 0) is 17.9 Å². The van der Waals surface area contributed by atoms with E-state index in [4.69, 9.17) is 4.74 Å². The van der Waals surface area contributed by atoms with Gasteiger partial charge in [-0.15, -0.1) is 11.3 Å². The average molecular weight is 332 g/mol. The summed E-state index contributed by atoms with van der Waals surface area (Å²) in [5.74, 6) is 0.763. The van der Waals surface area contributed by atoms with Crippen LogP contribution >= 0.6 is 11.3 Å². The maximum atomic E-state index is 5.64. The maximum Gasteiger partial charge on any atom is 0.191 e. The summed E-state index contributed by atoms with van der Waals surface area (Å²) in [6, 6.07) is 10.2. The molecule has 6 heteroatoms. The topological polar surface area (TPSA) is 58.5 Å². The van der Waals surface area contributed by atoms with Crippen LogP contribution in [0.3, 0.4) is 0 Å². The predicted molar refractivity (Wildman–Crippen MR) is 95.9 cm³/mol. The minimum Gasteiger partial charge on any atom is -0.375 e. The van der Waals surface area contributed by atoms with Crippen molar-refractivity contribution in [2.75, 3.05) is 20.2 Å². The lowest BCUT2D eigenvalue weighted by Crippen LogP contribution is -2.38. The molecule has 1 aromatic heterocycles. The molecule has 124 valence electrons. The number of nitrogens with one attached hydrogen (secondary N) is 2. The lowest BCUT2D eigenvalue weighted by atomic mass is 10.2. The van der Waals surface area contributed by atoms with Gasteiger partial charge in [-0.25, -0.2) is 4.98 Å². The van der Waals surface area contributed by atoms with E-state index in [1.807, 2.05) is 25.1 Å². The molecule has 1 heterocycles. The van der Waals surface area contributed by atoms with Gasteiger partial charge in [-0.05, 0) is 19.4 Å². The van der Waals surface area contributed by atoms with Crippen LogP contribution in [-0.4, -0.2) is 31.1 Å². The van der Waals surface area contributed by atoms with Crippen LogP contribution < -0.4 is 10.6 Å². The summed E-state index contributed by atoms with van der Waals surface area (Å²) < 4.78 is 5.64. The van der Waals surface area contributed by atoms with Crippen LogP contribution in [0.15, 0.2) is 35.3 Å². The molecule has 0 saturated heterocycles. The SMILES string of the molecule is CN=C(NCCOCc1ccccc1)NCc1nc(C)c(C)s1. The van der Waals surface area contributed by atoms with E-state index >= 15 is 0 Å². The Bertz CT molecular complexity index is 605. The largest absolute Gasteiger partial charge is 0.375 e. The molecule has 2 N–H and O–H groups in total. The molecule has 0 unspecified atom stereocenters. The number of aromatic nitrogens is 1. The number of aliphatic imine (C=N–C) groups is 1. The fraction of sp³-hybridized carbons (Fsp3) is 0.412. The van der Waals surface area contributed by atoms with Crippen molar-refractivity contribution in [2.45, 2.75) is 27.0 Å². The Labute approximate surface area is 141 Å². The molecule has 2 rings (SSSR count). The molecule has 0 amide bonds. The highest BCUT2D eigenvalue weighted by Gasteiger charge is 2.04. The Morgan fingerprint density at radius 2 is 2.00 bits per heavy atom. The molecule has 2 aromatic rings. The normalized spacial score (nSPS) is 11.5. The number of aryl methyl sites for hydroxylation is 2. The van der Waals surface area contributed by atoms with Gasteiger partial charge in [0.25, 0.3) is 0 Å². The molecular formula is C17H24N4OS. The first-order valence-electron chi connectivity index (χ1n) is 7.68. The van der Waals surface area contributed by atoms with E-state index in [-0.39, 0.29) is 0 Å². The van der Waals surface area contributed by atoms with Gasteiger partial charge >= 0.3 is 0 Å². The summed E-state index contributed by atoms with van der Waals surface area (Å²) in [5.41, 5.74) is 2.29. The standard InChI is InChI=1S/C17H24N4OS/c1-13-14(2)23-16(21-13)11-20-17(18-3)19-9-10-22-12-15-7-5-4-6-8-15/h4-8H,9-12H2,1-3H3,(H2,18,19,20). The van der Waals surface area contributed by atoms with Gasteiger partial charge in [0.2, 0.25) is 0 Å². The summed E-state index contributed by atoms with van der Waals surface area (Å²) in [4.78, 5) is 9.98. The molecule has 0 saturated carbocycles. The van der Waals surface area contributed by atoms with Crippen LogP contribution in [0.5, 0.6) is 0 Å². The quantitative estimate of drug-likeness (QED) is 0.465. The first-order chi connectivity index (χ1) is 11.2. The number of thiazole rings is 1. The third kappa shape index (κ3) is 6.00. The van der Waals surface area contributed by atoms with Crippen LogP contribution in [0.2, 0.25) is 0 Å². The van der Waals surface area contributed by atoms with Gasteiger partial charge in [0.05, 0.1) is 25.5 Å². The van der Waals surface area contributed by atoms with Crippen molar-refractivity contribution < 1.29 is 4.74 Å². The van der Waals surface area contributed by atoms with E-state index in [2.05, 4.69) is 39.7 Å². The van der Waals surface area contributed by atoms with Gasteiger partial charge in [0, 0.05) is 18.5 Å². The summed E-state index contributed by atoms with van der Waals surface area (Å²) in [5, 5.41) is 7.58. The minimum absolute atomic E-state index is 0.630. The van der Waals surface area contributed by atoms with Crippen molar-refractivity contribution in [3.63, 3.8) is 0 Å². The van der Waals surface area contributed by atoms with E-state index in [0.717, 1.165) is 16.7 Å². The van der Waals surface area contributed by atoms with E-state index < -0.39 is 0 Å². The van der Waals surface area contributed by atoms with E-state index in [0.29, 0.717) is 26.3 Å². The molecule has 0 bridgehead atoms. The van der Waals surface area contributed by atoms with Crippen molar-refractivity contribution in [3.8, 4) is 0 Å². The lowest BCUT2D eigenvalue weighted by Gasteiger charge is -2.11. The second-order valence-corrected chi connectivity index (χ2v) is 6.43. The van der Waals surface area contributed by atoms with Crippen LogP contribution in [0.25, 0.3) is 0 Å². The molecular weight excluding hydrogens is 308 g/mol. The summed E-state index contributed by atoms with van der Waals surface area (Å²) >= 11 is 1.72. The second kappa shape index (κ2) is 9.27. The van der Waals surface area contributed by atoms with Gasteiger partial charge in [-0.2, -0.15) is 0 Å².